The van der Waals surface area contributed by atoms with E-state index in [9.17, 15) is 5.11 Å². The highest BCUT2D eigenvalue weighted by atomic mass is 19.1. The number of aromatic amines is 1. The number of aromatic hydroxyl groups is 1. The molecule has 7 heteroatoms. The van der Waals surface area contributed by atoms with E-state index in [1.807, 2.05) is 19.2 Å². The predicted molar refractivity (Wildman–Crippen MR) is 115 cm³/mol. The first-order valence-corrected chi connectivity index (χ1v) is 11.1. The van der Waals surface area contributed by atoms with Gasteiger partial charge in [0.25, 0.3) is 0 Å². The fourth-order valence-electron chi connectivity index (χ4n) is 5.42. The minimum atomic E-state index is -0.990. The monoisotopic (exact) mass is 411 g/mol. The smallest absolute Gasteiger partial charge is 0.125 e. The molecule has 1 aromatic heterocycles. The number of imidazole rings is 1. The topological polar surface area (TPSA) is 85.0 Å². The average molecular weight is 412 g/mol. The molecule has 3 heterocycles. The maximum absolute atomic E-state index is 15.7. The zero-order valence-electron chi connectivity index (χ0n) is 17.3. The highest BCUT2D eigenvalue weighted by molar-refractivity contribution is 5.64. The van der Waals surface area contributed by atoms with Gasteiger partial charge in [-0.05, 0) is 61.1 Å². The number of nitrogens with one attached hydrogen (secondary N) is 4. The molecule has 2 aromatic rings. The Labute approximate surface area is 176 Å². The molecule has 5 atom stereocenters. The van der Waals surface area contributed by atoms with E-state index in [-0.39, 0.29) is 29.7 Å². The number of phenols is 1. The molecule has 1 saturated heterocycles. The number of aromatic nitrogens is 2. The standard InChI is InChI=1S/C23H30FN5O/c1-2-13-10-15(30)5-6-16(13)17-7-8-18-21(20(17)24)28-29-22(18)23-26-12-19(27-23)14-4-3-9-25-11-14/h4-6,10,12,17-18,20-22,25,28-30H,2-3,7-9,11H2,1H3,(H,26,27). The van der Waals surface area contributed by atoms with Crippen molar-refractivity contribution in [1.82, 2.24) is 26.1 Å². The number of alkyl halides is 1. The van der Waals surface area contributed by atoms with Crippen LogP contribution in [-0.2, 0) is 6.42 Å². The van der Waals surface area contributed by atoms with Crippen molar-refractivity contribution in [3.05, 3.63) is 53.1 Å². The van der Waals surface area contributed by atoms with Crippen molar-refractivity contribution in [1.29, 1.82) is 0 Å². The molecule has 0 bridgehead atoms. The third kappa shape index (κ3) is 3.45. The molecule has 0 radical (unpaired) electrons. The highest BCUT2D eigenvalue weighted by Gasteiger charge is 2.48. The molecule has 5 unspecified atom stereocenters. The van der Waals surface area contributed by atoms with Gasteiger partial charge in [0.15, 0.2) is 0 Å². The van der Waals surface area contributed by atoms with E-state index in [0.717, 1.165) is 61.4 Å². The number of hydrogen-bond donors (Lipinski definition) is 5. The molecular weight excluding hydrogens is 381 g/mol. The van der Waals surface area contributed by atoms with Crippen molar-refractivity contribution in [2.75, 3.05) is 13.1 Å². The molecule has 2 aliphatic heterocycles. The Morgan fingerprint density at radius 3 is 2.93 bits per heavy atom. The lowest BCUT2D eigenvalue weighted by molar-refractivity contribution is 0.135. The van der Waals surface area contributed by atoms with E-state index in [0.29, 0.717) is 0 Å². The van der Waals surface area contributed by atoms with Crippen LogP contribution in [0.4, 0.5) is 4.39 Å². The lowest BCUT2D eigenvalue weighted by atomic mass is 9.71. The average Bonchev–Trinajstić information content (AvgIpc) is 3.42. The Hall–Kier alpha value is -2.22. The van der Waals surface area contributed by atoms with Gasteiger partial charge in [-0.2, -0.15) is 0 Å². The lowest BCUT2D eigenvalue weighted by Gasteiger charge is -2.36. The number of rotatable bonds is 4. The first-order valence-electron chi connectivity index (χ1n) is 11.1. The lowest BCUT2D eigenvalue weighted by Crippen LogP contribution is -2.45. The van der Waals surface area contributed by atoms with Gasteiger partial charge < -0.3 is 15.4 Å². The third-order valence-corrected chi connectivity index (χ3v) is 7.00. The Morgan fingerprint density at radius 2 is 2.13 bits per heavy atom. The van der Waals surface area contributed by atoms with Gasteiger partial charge in [-0.15, -0.1) is 0 Å². The number of H-pyrrole nitrogens is 1. The SMILES string of the molecule is CCc1cc(O)ccc1C1CCC2C(c3ncc(C4=CCCNC4)[nH]3)NNC2C1F. The molecule has 3 aliphatic rings. The van der Waals surface area contributed by atoms with Crippen molar-refractivity contribution < 1.29 is 9.50 Å². The van der Waals surface area contributed by atoms with E-state index in [4.69, 9.17) is 0 Å². The van der Waals surface area contributed by atoms with Gasteiger partial charge >= 0.3 is 0 Å². The van der Waals surface area contributed by atoms with Crippen LogP contribution in [-0.4, -0.2) is 40.4 Å². The van der Waals surface area contributed by atoms with E-state index >= 15 is 4.39 Å². The van der Waals surface area contributed by atoms with Gasteiger partial charge in [-0.25, -0.2) is 14.8 Å². The predicted octanol–water partition coefficient (Wildman–Crippen LogP) is 3.10. The molecule has 5 N–H and O–H groups in total. The molecule has 0 amide bonds. The van der Waals surface area contributed by atoms with Crippen LogP contribution in [0.3, 0.4) is 0 Å². The zero-order chi connectivity index (χ0) is 20.7. The number of halogens is 1. The van der Waals surface area contributed by atoms with Crippen LogP contribution in [0, 0.1) is 5.92 Å². The van der Waals surface area contributed by atoms with Gasteiger partial charge in [-0.1, -0.05) is 19.1 Å². The molecule has 6 nitrogen and oxygen atoms in total. The fraction of sp³-hybridized carbons (Fsp3) is 0.522. The van der Waals surface area contributed by atoms with E-state index in [2.05, 4.69) is 32.2 Å². The number of hydrogen-bond acceptors (Lipinski definition) is 5. The van der Waals surface area contributed by atoms with Crippen LogP contribution in [0.15, 0.2) is 30.5 Å². The van der Waals surface area contributed by atoms with Crippen LogP contribution < -0.4 is 16.2 Å². The van der Waals surface area contributed by atoms with Gasteiger partial charge in [0, 0.05) is 18.4 Å². The van der Waals surface area contributed by atoms with Crippen LogP contribution in [0.2, 0.25) is 0 Å². The minimum absolute atomic E-state index is 0.0226. The molecule has 0 spiro atoms. The van der Waals surface area contributed by atoms with E-state index in [1.165, 1.54) is 5.57 Å². The van der Waals surface area contributed by atoms with Crippen molar-refractivity contribution in [3.63, 3.8) is 0 Å². The number of aryl methyl sites for hydroxylation is 1. The second-order valence-corrected chi connectivity index (χ2v) is 8.70. The Bertz CT molecular complexity index is 941. The largest absolute Gasteiger partial charge is 0.508 e. The molecule has 1 aliphatic carbocycles. The van der Waals surface area contributed by atoms with Crippen molar-refractivity contribution in [3.8, 4) is 5.75 Å². The first kappa shape index (κ1) is 19.7. The van der Waals surface area contributed by atoms with Gasteiger partial charge in [-0.3, -0.25) is 5.43 Å². The van der Waals surface area contributed by atoms with Gasteiger partial charge in [0.2, 0.25) is 0 Å². The third-order valence-electron chi connectivity index (χ3n) is 7.00. The number of phenolic OH excluding ortho intramolecular Hbond substituents is 1. The Balaban J connectivity index is 1.34. The molecule has 160 valence electrons. The summed E-state index contributed by atoms with van der Waals surface area (Å²) in [5.74, 6) is 1.12. The van der Waals surface area contributed by atoms with Crippen molar-refractivity contribution in [2.45, 2.75) is 56.8 Å². The molecule has 5 rings (SSSR count). The van der Waals surface area contributed by atoms with Crippen LogP contribution in [0.5, 0.6) is 5.75 Å². The second-order valence-electron chi connectivity index (χ2n) is 8.70. The highest BCUT2D eigenvalue weighted by Crippen LogP contribution is 2.45. The zero-order valence-corrected chi connectivity index (χ0v) is 17.3. The summed E-state index contributed by atoms with van der Waals surface area (Å²) < 4.78 is 15.7. The summed E-state index contributed by atoms with van der Waals surface area (Å²) in [6.07, 6.45) is 6.69. The summed E-state index contributed by atoms with van der Waals surface area (Å²) in [4.78, 5) is 8.09. The van der Waals surface area contributed by atoms with Crippen LogP contribution in [0.1, 0.15) is 60.8 Å². The van der Waals surface area contributed by atoms with E-state index < -0.39 is 6.17 Å². The maximum atomic E-state index is 15.7. The summed E-state index contributed by atoms with van der Waals surface area (Å²) in [7, 11) is 0. The minimum Gasteiger partial charge on any atom is -0.508 e. The molecular formula is C23H30FN5O. The summed E-state index contributed by atoms with van der Waals surface area (Å²) in [6.45, 7) is 3.92. The van der Waals surface area contributed by atoms with Crippen LogP contribution in [0.25, 0.3) is 5.57 Å². The Kier molecular flexibility index (Phi) is 5.35. The fourth-order valence-corrected chi connectivity index (χ4v) is 5.42. The molecule has 30 heavy (non-hydrogen) atoms. The van der Waals surface area contributed by atoms with E-state index in [1.54, 1.807) is 12.1 Å². The summed E-state index contributed by atoms with van der Waals surface area (Å²) in [6, 6.07) is 5.07. The summed E-state index contributed by atoms with van der Waals surface area (Å²) in [5, 5.41) is 13.2. The first-order chi connectivity index (χ1) is 14.7. The molecule has 2 fully saturated rings. The van der Waals surface area contributed by atoms with Crippen molar-refractivity contribution >= 4 is 5.57 Å². The number of nitrogens with zero attached hydrogens (tertiary/aromatic N) is 1. The number of hydrazine groups is 1. The molecule has 1 aromatic carbocycles. The maximum Gasteiger partial charge on any atom is 0.125 e. The van der Waals surface area contributed by atoms with Crippen molar-refractivity contribution in [2.24, 2.45) is 5.92 Å². The number of benzene rings is 1. The summed E-state index contributed by atoms with van der Waals surface area (Å²) >= 11 is 0. The molecule has 1 saturated carbocycles. The second kappa shape index (κ2) is 8.13. The summed E-state index contributed by atoms with van der Waals surface area (Å²) in [5.41, 5.74) is 10.9. The number of fused-ring (bicyclic) bond motifs is 1. The Morgan fingerprint density at radius 1 is 1.23 bits per heavy atom. The normalized spacial score (nSPS) is 31.4. The van der Waals surface area contributed by atoms with Gasteiger partial charge in [0.05, 0.1) is 24.0 Å². The van der Waals surface area contributed by atoms with Crippen LogP contribution >= 0.6 is 0 Å². The quantitative estimate of drug-likeness (QED) is 0.534. The van der Waals surface area contributed by atoms with Gasteiger partial charge in [0.1, 0.15) is 17.7 Å².